The summed E-state index contributed by atoms with van der Waals surface area (Å²) in [6, 6.07) is 18.9. The van der Waals surface area contributed by atoms with Crippen molar-refractivity contribution < 1.29 is 19.4 Å². The number of nitrogens with zero attached hydrogens (tertiary/aromatic N) is 1. The summed E-state index contributed by atoms with van der Waals surface area (Å²) in [5.74, 6) is -0.261. The maximum atomic E-state index is 13.2. The van der Waals surface area contributed by atoms with E-state index in [1.807, 2.05) is 42.5 Å². The van der Waals surface area contributed by atoms with Crippen LogP contribution in [0.4, 0.5) is 0 Å². The minimum absolute atomic E-state index is 0.0752. The molecule has 174 valence electrons. The number of aromatic carboxylic acids is 1. The van der Waals surface area contributed by atoms with Gasteiger partial charge in [-0.15, -0.1) is 0 Å². The number of fused-ring (bicyclic) bond motifs is 1. The van der Waals surface area contributed by atoms with Crippen LogP contribution in [0, 0.1) is 0 Å². The fourth-order valence-corrected chi connectivity index (χ4v) is 5.20. The van der Waals surface area contributed by atoms with Crippen LogP contribution in [0.3, 0.4) is 0 Å². The van der Waals surface area contributed by atoms with Crippen LogP contribution >= 0.6 is 11.6 Å². The van der Waals surface area contributed by atoms with Crippen molar-refractivity contribution in [1.82, 2.24) is 4.90 Å². The molecule has 3 aromatic carbocycles. The SMILES string of the molecule is O=C(O)c1cc(-c2cccc(COc3ccc4c(c3)C(=O)N(C3CCCC3)CC4)c2)ccc1Cl. The number of halogens is 1. The minimum atomic E-state index is -1.06. The van der Waals surface area contributed by atoms with Crippen LogP contribution in [0.25, 0.3) is 11.1 Å². The molecule has 1 aliphatic carbocycles. The molecule has 1 aliphatic heterocycles. The first kappa shape index (κ1) is 22.5. The van der Waals surface area contributed by atoms with E-state index in [0.717, 1.165) is 53.6 Å². The van der Waals surface area contributed by atoms with E-state index in [2.05, 4.69) is 4.90 Å². The number of benzene rings is 3. The summed E-state index contributed by atoms with van der Waals surface area (Å²) in [5.41, 5.74) is 4.52. The highest BCUT2D eigenvalue weighted by atomic mass is 35.5. The third-order valence-corrected chi connectivity index (χ3v) is 7.15. The van der Waals surface area contributed by atoms with Crippen molar-refractivity contribution in [2.45, 2.75) is 44.8 Å². The molecule has 0 radical (unpaired) electrons. The zero-order chi connectivity index (χ0) is 23.7. The summed E-state index contributed by atoms with van der Waals surface area (Å²) < 4.78 is 6.05. The molecule has 0 atom stereocenters. The van der Waals surface area contributed by atoms with Crippen molar-refractivity contribution in [3.8, 4) is 16.9 Å². The lowest BCUT2D eigenvalue weighted by atomic mass is 9.97. The molecule has 0 aromatic heterocycles. The molecule has 0 saturated heterocycles. The average Bonchev–Trinajstić information content (AvgIpc) is 3.38. The molecular formula is C28H26ClNO4. The second-order valence-electron chi connectivity index (χ2n) is 8.99. The molecule has 1 heterocycles. The van der Waals surface area contributed by atoms with Crippen LogP contribution in [0.5, 0.6) is 5.75 Å². The Kier molecular flexibility index (Phi) is 6.29. The Hall–Kier alpha value is -3.31. The van der Waals surface area contributed by atoms with Gasteiger partial charge in [0.25, 0.3) is 5.91 Å². The number of carbonyl (C=O) groups is 2. The second kappa shape index (κ2) is 9.51. The van der Waals surface area contributed by atoms with Crippen molar-refractivity contribution in [3.05, 3.63) is 87.9 Å². The van der Waals surface area contributed by atoms with Gasteiger partial charge in [0.1, 0.15) is 12.4 Å². The maximum Gasteiger partial charge on any atom is 0.337 e. The lowest BCUT2D eigenvalue weighted by molar-refractivity contribution is 0.0660. The largest absolute Gasteiger partial charge is 0.489 e. The highest BCUT2D eigenvalue weighted by Crippen LogP contribution is 2.31. The van der Waals surface area contributed by atoms with Gasteiger partial charge >= 0.3 is 5.97 Å². The van der Waals surface area contributed by atoms with E-state index in [4.69, 9.17) is 16.3 Å². The molecule has 0 spiro atoms. The van der Waals surface area contributed by atoms with Gasteiger partial charge < -0.3 is 14.7 Å². The van der Waals surface area contributed by atoms with Crippen LogP contribution in [0.1, 0.15) is 57.5 Å². The number of carbonyl (C=O) groups excluding carboxylic acids is 1. The van der Waals surface area contributed by atoms with Gasteiger partial charge in [0, 0.05) is 18.2 Å². The van der Waals surface area contributed by atoms with Crippen LogP contribution < -0.4 is 4.74 Å². The summed E-state index contributed by atoms with van der Waals surface area (Å²) in [6.45, 7) is 1.14. The van der Waals surface area contributed by atoms with Crippen LogP contribution in [0.15, 0.2) is 60.7 Å². The number of ether oxygens (including phenoxy) is 1. The maximum absolute atomic E-state index is 13.2. The number of rotatable bonds is 6. The normalized spacial score (nSPS) is 15.9. The zero-order valence-corrected chi connectivity index (χ0v) is 19.6. The van der Waals surface area contributed by atoms with Gasteiger partial charge in [0.05, 0.1) is 10.6 Å². The summed E-state index contributed by atoms with van der Waals surface area (Å²) in [4.78, 5) is 26.6. The Balaban J connectivity index is 1.31. The monoisotopic (exact) mass is 475 g/mol. The number of amides is 1. The van der Waals surface area contributed by atoms with Gasteiger partial charge in [-0.2, -0.15) is 0 Å². The van der Waals surface area contributed by atoms with Crippen LogP contribution in [-0.4, -0.2) is 34.5 Å². The quantitative estimate of drug-likeness (QED) is 0.459. The number of carboxylic acids is 1. The Labute approximate surface area is 203 Å². The van der Waals surface area contributed by atoms with Crippen molar-refractivity contribution in [1.29, 1.82) is 0 Å². The van der Waals surface area contributed by atoms with Gasteiger partial charge in [-0.25, -0.2) is 4.79 Å². The van der Waals surface area contributed by atoms with Gasteiger partial charge in [0.2, 0.25) is 0 Å². The number of hydrogen-bond acceptors (Lipinski definition) is 3. The molecule has 1 amide bonds. The van der Waals surface area contributed by atoms with Crippen molar-refractivity contribution in [3.63, 3.8) is 0 Å². The lowest BCUT2D eigenvalue weighted by Gasteiger charge is -2.33. The van der Waals surface area contributed by atoms with Crippen molar-refractivity contribution in [2.75, 3.05) is 6.54 Å². The Morgan fingerprint density at radius 2 is 1.82 bits per heavy atom. The zero-order valence-electron chi connectivity index (χ0n) is 18.8. The molecule has 1 N–H and O–H groups in total. The molecule has 5 nitrogen and oxygen atoms in total. The van der Waals surface area contributed by atoms with Crippen LogP contribution in [-0.2, 0) is 13.0 Å². The molecule has 2 aliphatic rings. The highest BCUT2D eigenvalue weighted by Gasteiger charge is 2.31. The topological polar surface area (TPSA) is 66.8 Å². The first-order chi connectivity index (χ1) is 16.5. The predicted molar refractivity (Wildman–Crippen MR) is 132 cm³/mol. The van der Waals surface area contributed by atoms with Gasteiger partial charge in [0.15, 0.2) is 0 Å². The number of carboxylic acid groups (broad SMARTS) is 1. The molecule has 3 aromatic rings. The molecule has 34 heavy (non-hydrogen) atoms. The van der Waals surface area contributed by atoms with E-state index < -0.39 is 5.97 Å². The van der Waals surface area contributed by atoms with E-state index in [1.165, 1.54) is 12.8 Å². The predicted octanol–water partition coefficient (Wildman–Crippen LogP) is 6.23. The van der Waals surface area contributed by atoms with Gasteiger partial charge in [-0.3, -0.25) is 4.79 Å². The van der Waals surface area contributed by atoms with Gasteiger partial charge in [-0.1, -0.05) is 54.8 Å². The first-order valence-corrected chi connectivity index (χ1v) is 12.1. The Bertz CT molecular complexity index is 1250. The molecule has 5 rings (SSSR count). The third kappa shape index (κ3) is 4.53. The first-order valence-electron chi connectivity index (χ1n) is 11.7. The van der Waals surface area contributed by atoms with Crippen molar-refractivity contribution >= 4 is 23.5 Å². The van der Waals surface area contributed by atoms with Crippen molar-refractivity contribution in [2.24, 2.45) is 0 Å². The van der Waals surface area contributed by atoms with Crippen LogP contribution in [0.2, 0.25) is 5.02 Å². The van der Waals surface area contributed by atoms with E-state index in [9.17, 15) is 14.7 Å². The molecule has 1 saturated carbocycles. The molecule has 0 bridgehead atoms. The highest BCUT2D eigenvalue weighted by molar-refractivity contribution is 6.33. The summed E-state index contributed by atoms with van der Waals surface area (Å²) in [7, 11) is 0. The van der Waals surface area contributed by atoms with E-state index in [-0.39, 0.29) is 16.5 Å². The lowest BCUT2D eigenvalue weighted by Crippen LogP contribution is -2.43. The van der Waals surface area contributed by atoms with E-state index in [0.29, 0.717) is 18.4 Å². The second-order valence-corrected chi connectivity index (χ2v) is 9.40. The van der Waals surface area contributed by atoms with E-state index >= 15 is 0 Å². The molecule has 0 unspecified atom stereocenters. The minimum Gasteiger partial charge on any atom is -0.489 e. The van der Waals surface area contributed by atoms with E-state index in [1.54, 1.807) is 18.2 Å². The summed E-state index contributed by atoms with van der Waals surface area (Å²) in [6.07, 6.45) is 5.51. The number of hydrogen-bond donors (Lipinski definition) is 1. The fraction of sp³-hybridized carbons (Fsp3) is 0.286. The molecular weight excluding hydrogens is 450 g/mol. The third-order valence-electron chi connectivity index (χ3n) is 6.82. The smallest absolute Gasteiger partial charge is 0.337 e. The Morgan fingerprint density at radius 1 is 1.03 bits per heavy atom. The summed E-state index contributed by atoms with van der Waals surface area (Å²) in [5, 5.41) is 9.56. The standard InChI is InChI=1S/C28H26ClNO4/c29-26-11-9-21(15-25(26)28(32)33)20-5-3-4-18(14-20)17-34-23-10-8-19-12-13-30(22-6-1-2-7-22)27(31)24(19)16-23/h3-5,8-11,14-16,22H,1-2,6-7,12-13,17H2,(H,32,33). The average molecular weight is 476 g/mol. The summed E-state index contributed by atoms with van der Waals surface area (Å²) >= 11 is 6.01. The molecule has 1 fully saturated rings. The van der Waals surface area contributed by atoms with Gasteiger partial charge in [-0.05, 0) is 71.8 Å². The molecule has 6 heteroatoms. The fourth-order valence-electron chi connectivity index (χ4n) is 5.00. The Morgan fingerprint density at radius 3 is 2.62 bits per heavy atom.